The van der Waals surface area contributed by atoms with Gasteiger partial charge in [0.05, 0.1) is 18.3 Å². The molecular formula is C20H25N3O3. The van der Waals surface area contributed by atoms with E-state index in [9.17, 15) is 4.79 Å². The Kier molecular flexibility index (Phi) is 4.93. The zero-order chi connectivity index (χ0) is 17.9. The van der Waals surface area contributed by atoms with Gasteiger partial charge < -0.3 is 14.8 Å². The molecule has 2 unspecified atom stereocenters. The number of nitrogens with zero attached hydrogens (tertiary/aromatic N) is 2. The molecule has 138 valence electrons. The fourth-order valence-electron chi connectivity index (χ4n) is 3.77. The number of carbonyl (C=O) groups is 1. The van der Waals surface area contributed by atoms with Crippen molar-refractivity contribution >= 4 is 5.91 Å². The number of aryl methyl sites for hydroxylation is 1. The molecule has 1 N–H and O–H groups in total. The lowest BCUT2D eigenvalue weighted by Crippen LogP contribution is -2.30. The average molecular weight is 355 g/mol. The highest BCUT2D eigenvalue weighted by atomic mass is 16.5. The lowest BCUT2D eigenvalue weighted by molar-refractivity contribution is 0.0679. The van der Waals surface area contributed by atoms with Crippen LogP contribution >= 0.6 is 0 Å². The SMILES string of the molecule is Cn1ncc2c1CCCC2NC(=O)c1ccc(OCC2CCCO2)cc1. The van der Waals surface area contributed by atoms with Gasteiger partial charge in [-0.25, -0.2) is 0 Å². The maximum atomic E-state index is 12.6. The van der Waals surface area contributed by atoms with Gasteiger partial charge in [-0.2, -0.15) is 5.10 Å². The Morgan fingerprint density at radius 1 is 1.31 bits per heavy atom. The predicted octanol–water partition coefficient (Wildman–Crippen LogP) is 2.79. The summed E-state index contributed by atoms with van der Waals surface area (Å²) in [5.74, 6) is 0.710. The Labute approximate surface area is 153 Å². The molecule has 26 heavy (non-hydrogen) atoms. The van der Waals surface area contributed by atoms with Crippen molar-refractivity contribution in [2.75, 3.05) is 13.2 Å². The van der Waals surface area contributed by atoms with Crippen LogP contribution in [-0.4, -0.2) is 35.0 Å². The van der Waals surface area contributed by atoms with Crippen LogP contribution in [0.4, 0.5) is 0 Å². The Morgan fingerprint density at radius 2 is 2.15 bits per heavy atom. The summed E-state index contributed by atoms with van der Waals surface area (Å²) in [7, 11) is 1.96. The van der Waals surface area contributed by atoms with Crippen LogP contribution in [0.1, 0.15) is 53.3 Å². The Hall–Kier alpha value is -2.34. The van der Waals surface area contributed by atoms with Crippen LogP contribution in [0.5, 0.6) is 5.75 Å². The molecule has 0 bridgehead atoms. The van der Waals surface area contributed by atoms with Crippen LogP contribution in [0.3, 0.4) is 0 Å². The number of carbonyl (C=O) groups excluding carboxylic acids is 1. The van der Waals surface area contributed by atoms with E-state index < -0.39 is 0 Å². The number of rotatable bonds is 5. The summed E-state index contributed by atoms with van der Waals surface area (Å²) in [5, 5.41) is 7.48. The van der Waals surface area contributed by atoms with Crippen molar-refractivity contribution in [3.63, 3.8) is 0 Å². The van der Waals surface area contributed by atoms with E-state index in [-0.39, 0.29) is 18.1 Å². The molecule has 6 nitrogen and oxygen atoms in total. The molecule has 2 aromatic rings. The van der Waals surface area contributed by atoms with Crippen LogP contribution in [0.15, 0.2) is 30.5 Å². The second kappa shape index (κ2) is 7.50. The second-order valence-electron chi connectivity index (χ2n) is 7.06. The van der Waals surface area contributed by atoms with Crippen LogP contribution in [0.2, 0.25) is 0 Å². The van der Waals surface area contributed by atoms with E-state index >= 15 is 0 Å². The fraction of sp³-hybridized carbons (Fsp3) is 0.500. The molecule has 4 rings (SSSR count). The minimum Gasteiger partial charge on any atom is -0.491 e. The van der Waals surface area contributed by atoms with Gasteiger partial charge in [0.2, 0.25) is 0 Å². The summed E-state index contributed by atoms with van der Waals surface area (Å²) in [5.41, 5.74) is 3.01. The van der Waals surface area contributed by atoms with Crippen molar-refractivity contribution in [3.05, 3.63) is 47.3 Å². The topological polar surface area (TPSA) is 65.4 Å². The molecular weight excluding hydrogens is 330 g/mol. The van der Waals surface area contributed by atoms with E-state index in [2.05, 4.69) is 10.4 Å². The number of benzene rings is 1. The molecule has 0 spiro atoms. The van der Waals surface area contributed by atoms with E-state index in [0.717, 1.165) is 50.0 Å². The van der Waals surface area contributed by atoms with Crippen molar-refractivity contribution < 1.29 is 14.3 Å². The van der Waals surface area contributed by atoms with E-state index in [1.165, 1.54) is 5.69 Å². The average Bonchev–Trinajstić information content (AvgIpc) is 3.31. The fourth-order valence-corrected chi connectivity index (χ4v) is 3.77. The van der Waals surface area contributed by atoms with E-state index in [1.807, 2.05) is 42.2 Å². The molecule has 2 heterocycles. The highest BCUT2D eigenvalue weighted by Crippen LogP contribution is 2.29. The number of nitrogens with one attached hydrogen (secondary N) is 1. The maximum Gasteiger partial charge on any atom is 0.251 e. The third kappa shape index (κ3) is 3.60. The predicted molar refractivity (Wildman–Crippen MR) is 97.3 cm³/mol. The van der Waals surface area contributed by atoms with Crippen molar-refractivity contribution in [3.8, 4) is 5.75 Å². The number of aromatic nitrogens is 2. The molecule has 1 aromatic carbocycles. The van der Waals surface area contributed by atoms with Crippen LogP contribution in [0.25, 0.3) is 0 Å². The number of amides is 1. The lowest BCUT2D eigenvalue weighted by atomic mass is 9.93. The van der Waals surface area contributed by atoms with Gasteiger partial charge in [-0.05, 0) is 56.4 Å². The van der Waals surface area contributed by atoms with E-state index in [0.29, 0.717) is 12.2 Å². The maximum absolute atomic E-state index is 12.6. The third-order valence-electron chi connectivity index (χ3n) is 5.26. The largest absolute Gasteiger partial charge is 0.491 e. The number of hydrogen-bond donors (Lipinski definition) is 1. The smallest absolute Gasteiger partial charge is 0.251 e. The molecule has 1 aliphatic heterocycles. The van der Waals surface area contributed by atoms with Gasteiger partial charge in [0.25, 0.3) is 5.91 Å². The summed E-state index contributed by atoms with van der Waals surface area (Å²) in [6.07, 6.45) is 7.26. The van der Waals surface area contributed by atoms with Crippen molar-refractivity contribution in [1.29, 1.82) is 0 Å². The van der Waals surface area contributed by atoms with Crippen LogP contribution in [-0.2, 0) is 18.2 Å². The van der Waals surface area contributed by atoms with Gasteiger partial charge in [0, 0.05) is 30.5 Å². The van der Waals surface area contributed by atoms with Gasteiger partial charge in [-0.1, -0.05) is 0 Å². The van der Waals surface area contributed by atoms with Gasteiger partial charge in [0.1, 0.15) is 12.4 Å². The standard InChI is InChI=1S/C20H25N3O3/c1-23-19-6-2-5-18(17(19)12-21-23)22-20(24)14-7-9-15(10-8-14)26-13-16-4-3-11-25-16/h7-10,12,16,18H,2-6,11,13H2,1H3,(H,22,24). The zero-order valence-corrected chi connectivity index (χ0v) is 15.1. The van der Waals surface area contributed by atoms with Crippen molar-refractivity contribution in [2.45, 2.75) is 44.2 Å². The first kappa shape index (κ1) is 17.1. The first-order chi connectivity index (χ1) is 12.7. The molecule has 1 saturated heterocycles. The third-order valence-corrected chi connectivity index (χ3v) is 5.26. The highest BCUT2D eigenvalue weighted by molar-refractivity contribution is 5.94. The summed E-state index contributed by atoms with van der Waals surface area (Å²) >= 11 is 0. The number of hydrogen-bond acceptors (Lipinski definition) is 4. The molecule has 1 aliphatic carbocycles. The Bertz CT molecular complexity index is 763. The number of fused-ring (bicyclic) bond motifs is 1. The van der Waals surface area contributed by atoms with Gasteiger partial charge in [-0.15, -0.1) is 0 Å². The minimum atomic E-state index is -0.0580. The van der Waals surface area contributed by atoms with E-state index in [1.54, 1.807) is 0 Å². The molecule has 1 fully saturated rings. The summed E-state index contributed by atoms with van der Waals surface area (Å²) in [6.45, 7) is 1.39. The Balaban J connectivity index is 1.36. The number of ether oxygens (including phenoxy) is 2. The molecule has 1 amide bonds. The van der Waals surface area contributed by atoms with Gasteiger partial charge in [0.15, 0.2) is 0 Å². The highest BCUT2D eigenvalue weighted by Gasteiger charge is 2.25. The first-order valence-corrected chi connectivity index (χ1v) is 9.37. The monoisotopic (exact) mass is 355 g/mol. The summed E-state index contributed by atoms with van der Waals surface area (Å²) < 4.78 is 13.2. The van der Waals surface area contributed by atoms with Crippen molar-refractivity contribution in [1.82, 2.24) is 15.1 Å². The van der Waals surface area contributed by atoms with Crippen molar-refractivity contribution in [2.24, 2.45) is 7.05 Å². The lowest BCUT2D eigenvalue weighted by Gasteiger charge is -2.23. The Morgan fingerprint density at radius 3 is 2.92 bits per heavy atom. The summed E-state index contributed by atoms with van der Waals surface area (Å²) in [6, 6.07) is 7.36. The normalized spacial score (nSPS) is 22.0. The molecule has 2 atom stereocenters. The second-order valence-corrected chi connectivity index (χ2v) is 7.06. The molecule has 2 aliphatic rings. The van der Waals surface area contributed by atoms with Crippen LogP contribution < -0.4 is 10.1 Å². The molecule has 0 radical (unpaired) electrons. The minimum absolute atomic E-state index is 0.0374. The van der Waals surface area contributed by atoms with E-state index in [4.69, 9.17) is 9.47 Å². The zero-order valence-electron chi connectivity index (χ0n) is 15.1. The molecule has 1 aromatic heterocycles. The summed E-state index contributed by atoms with van der Waals surface area (Å²) in [4.78, 5) is 12.6. The van der Waals surface area contributed by atoms with Gasteiger partial charge >= 0.3 is 0 Å². The first-order valence-electron chi connectivity index (χ1n) is 9.37. The molecule has 0 saturated carbocycles. The van der Waals surface area contributed by atoms with Crippen LogP contribution in [0, 0.1) is 0 Å². The van der Waals surface area contributed by atoms with Gasteiger partial charge in [-0.3, -0.25) is 9.48 Å². The molecule has 6 heteroatoms. The quantitative estimate of drug-likeness (QED) is 0.896.